The van der Waals surface area contributed by atoms with E-state index >= 15 is 0 Å². The minimum absolute atomic E-state index is 0.0926. The average Bonchev–Trinajstić information content (AvgIpc) is 3.20. The lowest BCUT2D eigenvalue weighted by atomic mass is 10.2. The number of carbonyl (C=O) groups excluding carboxylic acids is 1. The summed E-state index contributed by atoms with van der Waals surface area (Å²) < 4.78 is 21.1. The van der Waals surface area contributed by atoms with Gasteiger partial charge in [-0.15, -0.1) is 10.2 Å². The van der Waals surface area contributed by atoms with E-state index in [4.69, 9.17) is 18.6 Å². The van der Waals surface area contributed by atoms with Gasteiger partial charge in [0.2, 0.25) is 11.8 Å². The standard InChI is InChI=1S/C19H19N3O5/c1-24-14-6-4-5-12(7-14)19-22-21-17(27-19)11-20-18(23)13-8-15(25-2)10-16(9-13)26-3/h4-10H,11H2,1-3H3,(H,20,23). The second kappa shape index (κ2) is 8.22. The molecule has 0 saturated carbocycles. The molecule has 0 radical (unpaired) electrons. The molecule has 0 fully saturated rings. The van der Waals surface area contributed by atoms with Crippen molar-refractivity contribution in [3.8, 4) is 28.7 Å². The minimum atomic E-state index is -0.312. The Morgan fingerprint density at radius 3 is 2.33 bits per heavy atom. The number of nitrogens with one attached hydrogen (secondary N) is 1. The summed E-state index contributed by atoms with van der Waals surface area (Å²) >= 11 is 0. The summed E-state index contributed by atoms with van der Waals surface area (Å²) in [6, 6.07) is 12.2. The van der Waals surface area contributed by atoms with Crippen LogP contribution in [0.1, 0.15) is 16.2 Å². The van der Waals surface area contributed by atoms with E-state index in [0.29, 0.717) is 28.7 Å². The first-order chi connectivity index (χ1) is 13.1. The van der Waals surface area contributed by atoms with E-state index in [0.717, 1.165) is 5.56 Å². The average molecular weight is 369 g/mol. The Hall–Kier alpha value is -3.55. The highest BCUT2D eigenvalue weighted by Gasteiger charge is 2.13. The Morgan fingerprint density at radius 1 is 0.963 bits per heavy atom. The van der Waals surface area contributed by atoms with Gasteiger partial charge in [-0.05, 0) is 30.3 Å². The Kier molecular flexibility index (Phi) is 5.55. The van der Waals surface area contributed by atoms with Crippen LogP contribution < -0.4 is 19.5 Å². The lowest BCUT2D eigenvalue weighted by Crippen LogP contribution is -2.23. The molecule has 1 amide bonds. The molecule has 3 rings (SSSR count). The molecule has 0 saturated heterocycles. The van der Waals surface area contributed by atoms with Crippen molar-refractivity contribution >= 4 is 5.91 Å². The number of ether oxygens (including phenoxy) is 3. The largest absolute Gasteiger partial charge is 0.497 e. The van der Waals surface area contributed by atoms with Crippen LogP contribution in [-0.2, 0) is 6.54 Å². The third-order valence-corrected chi connectivity index (χ3v) is 3.80. The first-order valence-corrected chi connectivity index (χ1v) is 8.11. The van der Waals surface area contributed by atoms with Gasteiger partial charge in [-0.3, -0.25) is 4.79 Å². The molecule has 0 spiro atoms. The van der Waals surface area contributed by atoms with Crippen LogP contribution in [0.4, 0.5) is 0 Å². The van der Waals surface area contributed by atoms with Crippen LogP contribution in [0.15, 0.2) is 46.9 Å². The van der Waals surface area contributed by atoms with E-state index in [1.165, 1.54) is 14.2 Å². The van der Waals surface area contributed by atoms with E-state index < -0.39 is 0 Å². The molecule has 3 aromatic rings. The molecule has 0 atom stereocenters. The fourth-order valence-electron chi connectivity index (χ4n) is 2.39. The number of methoxy groups -OCH3 is 3. The Labute approximate surface area is 156 Å². The van der Waals surface area contributed by atoms with Crippen LogP contribution in [0.5, 0.6) is 17.2 Å². The van der Waals surface area contributed by atoms with Crippen LogP contribution >= 0.6 is 0 Å². The van der Waals surface area contributed by atoms with Gasteiger partial charge >= 0.3 is 0 Å². The Bertz CT molecular complexity index is 916. The zero-order chi connectivity index (χ0) is 19.2. The summed E-state index contributed by atoms with van der Waals surface area (Å²) in [6.45, 7) is 0.0926. The van der Waals surface area contributed by atoms with E-state index in [1.807, 2.05) is 18.2 Å². The van der Waals surface area contributed by atoms with E-state index in [9.17, 15) is 4.79 Å². The second-order valence-corrected chi connectivity index (χ2v) is 5.52. The first-order valence-electron chi connectivity index (χ1n) is 8.11. The molecule has 0 unspecified atom stereocenters. The molecule has 1 N–H and O–H groups in total. The number of amides is 1. The summed E-state index contributed by atoms with van der Waals surface area (Å²) in [7, 11) is 4.63. The van der Waals surface area contributed by atoms with Gasteiger partial charge in [-0.25, -0.2) is 0 Å². The van der Waals surface area contributed by atoms with Crippen molar-refractivity contribution in [2.45, 2.75) is 6.54 Å². The molecule has 27 heavy (non-hydrogen) atoms. The third-order valence-electron chi connectivity index (χ3n) is 3.80. The van der Waals surface area contributed by atoms with Gasteiger partial charge in [0.1, 0.15) is 17.2 Å². The molecule has 0 aliphatic heterocycles. The Morgan fingerprint density at radius 2 is 1.67 bits per heavy atom. The second-order valence-electron chi connectivity index (χ2n) is 5.52. The molecule has 0 bridgehead atoms. The lowest BCUT2D eigenvalue weighted by Gasteiger charge is -2.08. The van der Waals surface area contributed by atoms with Gasteiger partial charge < -0.3 is 23.9 Å². The fourth-order valence-corrected chi connectivity index (χ4v) is 2.39. The maximum atomic E-state index is 12.4. The third kappa shape index (κ3) is 4.35. The number of aromatic nitrogens is 2. The molecule has 140 valence electrons. The number of hydrogen-bond donors (Lipinski definition) is 1. The summed E-state index contributed by atoms with van der Waals surface area (Å²) in [5.41, 5.74) is 1.13. The molecule has 8 nitrogen and oxygen atoms in total. The van der Waals surface area contributed by atoms with Crippen LogP contribution in [0.2, 0.25) is 0 Å². The highest BCUT2D eigenvalue weighted by atomic mass is 16.5. The van der Waals surface area contributed by atoms with Crippen LogP contribution in [0.25, 0.3) is 11.5 Å². The van der Waals surface area contributed by atoms with Crippen molar-refractivity contribution in [1.82, 2.24) is 15.5 Å². The van der Waals surface area contributed by atoms with Crippen molar-refractivity contribution < 1.29 is 23.4 Å². The monoisotopic (exact) mass is 369 g/mol. The number of rotatable bonds is 7. The van der Waals surface area contributed by atoms with Gasteiger partial charge in [-0.1, -0.05) is 6.07 Å². The fraction of sp³-hybridized carbons (Fsp3) is 0.211. The smallest absolute Gasteiger partial charge is 0.251 e. The Balaban J connectivity index is 1.68. The SMILES string of the molecule is COc1cc(OC)cc(C(=O)NCc2nnc(-c3cccc(OC)c3)o2)c1. The van der Waals surface area contributed by atoms with E-state index in [2.05, 4.69) is 15.5 Å². The zero-order valence-corrected chi connectivity index (χ0v) is 15.2. The molecule has 0 aliphatic rings. The lowest BCUT2D eigenvalue weighted by molar-refractivity contribution is 0.0946. The van der Waals surface area contributed by atoms with Crippen molar-refractivity contribution in [3.63, 3.8) is 0 Å². The van der Waals surface area contributed by atoms with Gasteiger partial charge in [0.05, 0.1) is 27.9 Å². The maximum absolute atomic E-state index is 12.4. The maximum Gasteiger partial charge on any atom is 0.251 e. The highest BCUT2D eigenvalue weighted by Crippen LogP contribution is 2.24. The predicted molar refractivity (Wildman–Crippen MR) is 97.0 cm³/mol. The quantitative estimate of drug-likeness (QED) is 0.684. The molecule has 1 aromatic heterocycles. The van der Waals surface area contributed by atoms with E-state index in [-0.39, 0.29) is 18.3 Å². The normalized spacial score (nSPS) is 10.3. The van der Waals surface area contributed by atoms with Crippen molar-refractivity contribution in [1.29, 1.82) is 0 Å². The minimum Gasteiger partial charge on any atom is -0.497 e. The van der Waals surface area contributed by atoms with Crippen LogP contribution in [-0.4, -0.2) is 37.4 Å². The number of nitrogens with zero attached hydrogens (tertiary/aromatic N) is 2. The summed E-state index contributed by atoms with van der Waals surface area (Å²) in [5.74, 6) is 2.06. The highest BCUT2D eigenvalue weighted by molar-refractivity contribution is 5.95. The molecular weight excluding hydrogens is 350 g/mol. The summed E-state index contributed by atoms with van der Waals surface area (Å²) in [6.07, 6.45) is 0. The molecule has 2 aromatic carbocycles. The first kappa shape index (κ1) is 18.2. The van der Waals surface area contributed by atoms with Crippen molar-refractivity contribution in [3.05, 3.63) is 53.9 Å². The number of carbonyl (C=O) groups is 1. The van der Waals surface area contributed by atoms with Gasteiger partial charge in [0, 0.05) is 17.2 Å². The molecule has 1 heterocycles. The molecular formula is C19H19N3O5. The van der Waals surface area contributed by atoms with Gasteiger partial charge in [0.25, 0.3) is 5.91 Å². The van der Waals surface area contributed by atoms with Crippen molar-refractivity contribution in [2.24, 2.45) is 0 Å². The van der Waals surface area contributed by atoms with Crippen molar-refractivity contribution in [2.75, 3.05) is 21.3 Å². The molecule has 8 heteroatoms. The van der Waals surface area contributed by atoms with Crippen LogP contribution in [0, 0.1) is 0 Å². The number of hydrogen-bond acceptors (Lipinski definition) is 7. The predicted octanol–water partition coefficient (Wildman–Crippen LogP) is 2.69. The topological polar surface area (TPSA) is 95.7 Å². The zero-order valence-electron chi connectivity index (χ0n) is 15.2. The summed E-state index contributed by atoms with van der Waals surface area (Å²) in [5, 5.41) is 10.7. The summed E-state index contributed by atoms with van der Waals surface area (Å²) in [4.78, 5) is 12.4. The van der Waals surface area contributed by atoms with Gasteiger partial charge in [-0.2, -0.15) is 0 Å². The van der Waals surface area contributed by atoms with E-state index in [1.54, 1.807) is 31.4 Å². The van der Waals surface area contributed by atoms with Crippen LogP contribution in [0.3, 0.4) is 0 Å². The number of benzene rings is 2. The molecule has 0 aliphatic carbocycles. The van der Waals surface area contributed by atoms with Gasteiger partial charge in [0.15, 0.2) is 0 Å².